The fourth-order valence-electron chi connectivity index (χ4n) is 7.73. The molecular weight excluding hydrogens is 719 g/mol. The lowest BCUT2D eigenvalue weighted by Gasteiger charge is -2.25. The molecule has 1 unspecified atom stereocenters. The number of aliphatic hydroxyl groups excluding tert-OH is 1. The second kappa shape index (κ2) is 44.1. The predicted octanol–water partition coefficient (Wildman–Crippen LogP) is 14.2. The van der Waals surface area contributed by atoms with Gasteiger partial charge in [0.25, 0.3) is 0 Å². The summed E-state index contributed by atoms with van der Waals surface area (Å²) < 4.78 is 22.1. The summed E-state index contributed by atoms with van der Waals surface area (Å²) in [5.74, 6) is -0.157. The van der Waals surface area contributed by atoms with Gasteiger partial charge in [0.15, 0.2) is 0 Å². The summed E-state index contributed by atoms with van der Waals surface area (Å²) in [6.07, 6.45) is 48.7. The SMILES string of the molecule is CCCCCCCCCCCCCCCCCCCCCCCCCCCCCCC(=O)N[C@@H](COP(=O)(O)OCCN)[C@H](O)CCCCCCCCCCC. The highest BCUT2D eigenvalue weighted by Crippen LogP contribution is 2.43. The first-order valence-corrected chi connectivity index (χ1v) is 26.1. The fraction of sp³-hybridized carbons (Fsp3) is 0.979. The molecule has 0 radical (unpaired) electrons. The maximum atomic E-state index is 12.8. The van der Waals surface area contributed by atoms with Crippen molar-refractivity contribution in [2.75, 3.05) is 19.8 Å². The Morgan fingerprint density at radius 3 is 1.14 bits per heavy atom. The van der Waals surface area contributed by atoms with Crippen molar-refractivity contribution in [2.24, 2.45) is 5.73 Å². The highest BCUT2D eigenvalue weighted by atomic mass is 31.2. The zero-order valence-corrected chi connectivity index (χ0v) is 38.3. The summed E-state index contributed by atoms with van der Waals surface area (Å²) >= 11 is 0. The van der Waals surface area contributed by atoms with E-state index in [1.807, 2.05) is 0 Å². The topological polar surface area (TPSA) is 131 Å². The monoisotopic (exact) mass is 817 g/mol. The summed E-state index contributed by atoms with van der Waals surface area (Å²) in [6.45, 7) is 4.22. The van der Waals surface area contributed by atoms with E-state index in [1.54, 1.807) is 0 Å². The van der Waals surface area contributed by atoms with Crippen LogP contribution in [0, 0.1) is 0 Å². The Morgan fingerprint density at radius 2 is 0.821 bits per heavy atom. The van der Waals surface area contributed by atoms with Crippen molar-refractivity contribution >= 4 is 13.7 Å². The number of phosphoric ester groups is 1. The van der Waals surface area contributed by atoms with Gasteiger partial charge in [0.1, 0.15) is 0 Å². The lowest BCUT2D eigenvalue weighted by molar-refractivity contribution is -0.123. The molecule has 0 aliphatic heterocycles. The molecule has 56 heavy (non-hydrogen) atoms. The molecule has 0 spiro atoms. The van der Waals surface area contributed by atoms with Crippen LogP contribution in [0.2, 0.25) is 0 Å². The molecule has 5 N–H and O–H groups in total. The Morgan fingerprint density at radius 1 is 0.518 bits per heavy atom. The van der Waals surface area contributed by atoms with E-state index < -0.39 is 20.0 Å². The number of rotatable bonds is 47. The molecule has 0 aromatic rings. The molecule has 0 rings (SSSR count). The van der Waals surface area contributed by atoms with E-state index in [1.165, 1.54) is 199 Å². The molecule has 3 atom stereocenters. The number of carbonyl (C=O) groups is 1. The molecule has 0 bridgehead atoms. The second-order valence-electron chi connectivity index (χ2n) is 17.0. The summed E-state index contributed by atoms with van der Waals surface area (Å²) in [7, 11) is -4.30. The van der Waals surface area contributed by atoms with Gasteiger partial charge < -0.3 is 21.1 Å². The number of aliphatic hydroxyl groups is 1. The summed E-state index contributed by atoms with van der Waals surface area (Å²) in [6, 6.07) is -0.766. The molecule has 1 amide bonds. The van der Waals surface area contributed by atoms with Gasteiger partial charge in [-0.15, -0.1) is 0 Å². The molecule has 0 saturated heterocycles. The number of carbonyl (C=O) groups excluding carboxylic acids is 1. The Kier molecular flexibility index (Phi) is 43.7. The maximum absolute atomic E-state index is 12.8. The van der Waals surface area contributed by atoms with Crippen LogP contribution in [-0.2, 0) is 18.4 Å². The standard InChI is InChI=1S/C47H97N2O6P/c1-3-5-7-9-11-13-14-15-16-17-18-19-20-21-22-23-24-25-26-27-28-29-30-31-33-35-37-39-41-47(51)49-45(44-55-56(52,53)54-43-42-48)46(50)40-38-36-34-32-12-10-8-6-4-2/h45-46,50H,3-44,48H2,1-2H3,(H,49,51)(H,52,53)/t45-,46+/m0/s1. The van der Waals surface area contributed by atoms with Gasteiger partial charge in [0, 0.05) is 13.0 Å². The van der Waals surface area contributed by atoms with Crippen molar-refractivity contribution in [2.45, 2.75) is 276 Å². The molecule has 8 nitrogen and oxygen atoms in total. The van der Waals surface area contributed by atoms with Crippen LogP contribution in [0.5, 0.6) is 0 Å². The van der Waals surface area contributed by atoms with E-state index in [9.17, 15) is 19.4 Å². The zero-order chi connectivity index (χ0) is 41.1. The highest BCUT2D eigenvalue weighted by molar-refractivity contribution is 7.47. The van der Waals surface area contributed by atoms with Crippen molar-refractivity contribution in [1.82, 2.24) is 5.32 Å². The quantitative estimate of drug-likeness (QED) is 0.0355. The first kappa shape index (κ1) is 55.5. The summed E-state index contributed by atoms with van der Waals surface area (Å²) in [5.41, 5.74) is 5.38. The third kappa shape index (κ3) is 41.7. The van der Waals surface area contributed by atoms with E-state index in [4.69, 9.17) is 14.8 Å². The van der Waals surface area contributed by atoms with Crippen LogP contribution in [0.3, 0.4) is 0 Å². The summed E-state index contributed by atoms with van der Waals surface area (Å²) in [5, 5.41) is 13.8. The Labute approximate surface area is 348 Å². The molecule has 0 aromatic heterocycles. The van der Waals surface area contributed by atoms with Crippen LogP contribution in [0.1, 0.15) is 264 Å². The molecular formula is C47H97N2O6P. The van der Waals surface area contributed by atoms with Crippen LogP contribution >= 0.6 is 7.82 Å². The Bertz CT molecular complexity index is 849. The normalized spacial score (nSPS) is 13.9. The molecule has 0 aliphatic carbocycles. The molecule has 0 aromatic carbocycles. The largest absolute Gasteiger partial charge is 0.472 e. The maximum Gasteiger partial charge on any atom is 0.472 e. The second-order valence-corrected chi connectivity index (χ2v) is 18.5. The van der Waals surface area contributed by atoms with Crippen LogP contribution in [0.25, 0.3) is 0 Å². The number of hydrogen-bond donors (Lipinski definition) is 4. The highest BCUT2D eigenvalue weighted by Gasteiger charge is 2.27. The van der Waals surface area contributed by atoms with E-state index in [-0.39, 0.29) is 25.7 Å². The number of phosphoric acid groups is 1. The van der Waals surface area contributed by atoms with Crippen LogP contribution in [0.15, 0.2) is 0 Å². The average Bonchev–Trinajstić information content (AvgIpc) is 3.19. The fourth-order valence-corrected chi connectivity index (χ4v) is 8.49. The average molecular weight is 817 g/mol. The minimum Gasteiger partial charge on any atom is -0.391 e. The first-order chi connectivity index (χ1) is 27.4. The van der Waals surface area contributed by atoms with Crippen LogP contribution in [0.4, 0.5) is 0 Å². The number of nitrogens with one attached hydrogen (secondary N) is 1. The van der Waals surface area contributed by atoms with Crippen molar-refractivity contribution in [3.63, 3.8) is 0 Å². The molecule has 0 aliphatic rings. The zero-order valence-electron chi connectivity index (χ0n) is 37.4. The van der Waals surface area contributed by atoms with Crippen molar-refractivity contribution in [3.8, 4) is 0 Å². The Balaban J connectivity index is 3.80. The number of hydrogen-bond acceptors (Lipinski definition) is 6. The molecule has 0 saturated carbocycles. The summed E-state index contributed by atoms with van der Waals surface area (Å²) in [4.78, 5) is 22.7. The van der Waals surface area contributed by atoms with Crippen LogP contribution < -0.4 is 11.1 Å². The van der Waals surface area contributed by atoms with Gasteiger partial charge in [-0.1, -0.05) is 245 Å². The van der Waals surface area contributed by atoms with E-state index in [2.05, 4.69) is 19.2 Å². The number of amides is 1. The Hall–Kier alpha value is -0.500. The lowest BCUT2D eigenvalue weighted by Crippen LogP contribution is -2.46. The minimum atomic E-state index is -4.30. The van der Waals surface area contributed by atoms with Gasteiger partial charge in [0.05, 0.1) is 25.4 Å². The van der Waals surface area contributed by atoms with Gasteiger partial charge in [-0.2, -0.15) is 0 Å². The molecule has 0 heterocycles. The van der Waals surface area contributed by atoms with Crippen LogP contribution in [-0.4, -0.2) is 47.8 Å². The number of unbranched alkanes of at least 4 members (excludes halogenated alkanes) is 35. The minimum absolute atomic E-state index is 0.0922. The predicted molar refractivity (Wildman–Crippen MR) is 240 cm³/mol. The third-order valence-corrected chi connectivity index (χ3v) is 12.4. The smallest absolute Gasteiger partial charge is 0.391 e. The van der Waals surface area contributed by atoms with Crippen molar-refractivity contribution in [3.05, 3.63) is 0 Å². The van der Waals surface area contributed by atoms with E-state index in [0.29, 0.717) is 12.8 Å². The molecule has 9 heteroatoms. The molecule has 336 valence electrons. The van der Waals surface area contributed by atoms with Gasteiger partial charge in [-0.05, 0) is 12.8 Å². The first-order valence-electron chi connectivity index (χ1n) is 24.7. The van der Waals surface area contributed by atoms with Gasteiger partial charge in [-0.3, -0.25) is 13.8 Å². The van der Waals surface area contributed by atoms with Gasteiger partial charge in [-0.25, -0.2) is 4.57 Å². The van der Waals surface area contributed by atoms with Crippen molar-refractivity contribution < 1.29 is 28.4 Å². The molecule has 0 fully saturated rings. The van der Waals surface area contributed by atoms with Gasteiger partial charge in [0.2, 0.25) is 5.91 Å². The third-order valence-electron chi connectivity index (χ3n) is 11.5. The lowest BCUT2D eigenvalue weighted by atomic mass is 10.0. The number of nitrogens with two attached hydrogens (primary N) is 1. The van der Waals surface area contributed by atoms with E-state index in [0.717, 1.165) is 38.5 Å². The van der Waals surface area contributed by atoms with Gasteiger partial charge >= 0.3 is 7.82 Å². The van der Waals surface area contributed by atoms with Crippen molar-refractivity contribution in [1.29, 1.82) is 0 Å². The van der Waals surface area contributed by atoms with E-state index >= 15 is 0 Å².